The Morgan fingerprint density at radius 1 is 1.33 bits per heavy atom. The van der Waals surface area contributed by atoms with Gasteiger partial charge in [-0.25, -0.2) is 0 Å². The first kappa shape index (κ1) is 17.7. The molecule has 132 valence electrons. The summed E-state index contributed by atoms with van der Waals surface area (Å²) in [6.07, 6.45) is 5.25. The second kappa shape index (κ2) is 7.85. The number of carbonyl (C=O) groups excluding carboxylic acids is 1. The van der Waals surface area contributed by atoms with E-state index < -0.39 is 0 Å². The number of hydrogen-bond acceptors (Lipinski definition) is 3. The Kier molecular flexibility index (Phi) is 5.80. The molecule has 3 rings (SSSR count). The fourth-order valence-electron chi connectivity index (χ4n) is 3.82. The van der Waals surface area contributed by atoms with Crippen molar-refractivity contribution in [2.75, 3.05) is 33.4 Å². The van der Waals surface area contributed by atoms with Gasteiger partial charge in [0.15, 0.2) is 0 Å². The highest BCUT2D eigenvalue weighted by Gasteiger charge is 2.41. The van der Waals surface area contributed by atoms with Gasteiger partial charge in [-0.3, -0.25) is 4.79 Å². The number of ether oxygens (including phenoxy) is 1. The van der Waals surface area contributed by atoms with Gasteiger partial charge in [0.1, 0.15) is 0 Å². The van der Waals surface area contributed by atoms with E-state index in [-0.39, 0.29) is 17.4 Å². The Bertz CT molecular complexity index is 557. The lowest BCUT2D eigenvalue weighted by Crippen LogP contribution is -2.54. The zero-order valence-corrected chi connectivity index (χ0v) is 15.1. The monoisotopic (exact) mass is 350 g/mol. The number of nitrogens with one attached hydrogen (secondary N) is 1. The molecule has 1 aromatic carbocycles. The molecular weight excluding hydrogens is 324 g/mol. The molecule has 4 nitrogen and oxygen atoms in total. The van der Waals surface area contributed by atoms with Crippen LogP contribution in [0.2, 0.25) is 5.02 Å². The van der Waals surface area contributed by atoms with Crippen LogP contribution >= 0.6 is 11.6 Å². The van der Waals surface area contributed by atoms with Gasteiger partial charge in [0, 0.05) is 25.2 Å². The van der Waals surface area contributed by atoms with Crippen molar-refractivity contribution in [1.29, 1.82) is 0 Å². The van der Waals surface area contributed by atoms with E-state index in [1.807, 2.05) is 24.3 Å². The predicted molar refractivity (Wildman–Crippen MR) is 96.2 cm³/mol. The Morgan fingerprint density at radius 2 is 2.08 bits per heavy atom. The van der Waals surface area contributed by atoms with Crippen LogP contribution in [0.1, 0.15) is 37.7 Å². The first-order valence-corrected chi connectivity index (χ1v) is 9.30. The van der Waals surface area contributed by atoms with E-state index in [0.717, 1.165) is 63.4 Å². The minimum Gasteiger partial charge on any atom is -0.383 e. The lowest BCUT2D eigenvalue weighted by atomic mass is 9.71. The predicted octanol–water partition coefficient (Wildman–Crippen LogP) is 3.19. The number of nitrogens with zero attached hydrogens (tertiary/aromatic N) is 1. The molecule has 1 aliphatic carbocycles. The summed E-state index contributed by atoms with van der Waals surface area (Å²) in [5.74, 6) is 0.284. The van der Waals surface area contributed by atoms with Gasteiger partial charge in [0.05, 0.1) is 18.1 Å². The number of hydrogen-bond donors (Lipinski definition) is 1. The summed E-state index contributed by atoms with van der Waals surface area (Å²) in [5, 5.41) is 4.11. The Balaban J connectivity index is 1.63. The number of halogens is 1. The first-order valence-electron chi connectivity index (χ1n) is 8.92. The Labute approximate surface area is 149 Å². The summed E-state index contributed by atoms with van der Waals surface area (Å²) in [6.45, 7) is 3.53. The van der Waals surface area contributed by atoms with Crippen LogP contribution in [0.5, 0.6) is 0 Å². The minimum atomic E-state index is -0.184. The van der Waals surface area contributed by atoms with Crippen molar-refractivity contribution in [3.8, 4) is 0 Å². The number of amides is 1. The molecule has 2 aliphatic rings. The third kappa shape index (κ3) is 3.93. The van der Waals surface area contributed by atoms with Gasteiger partial charge in [-0.15, -0.1) is 0 Å². The summed E-state index contributed by atoms with van der Waals surface area (Å²) < 4.78 is 5.16. The third-order valence-corrected chi connectivity index (χ3v) is 5.71. The highest BCUT2D eigenvalue weighted by molar-refractivity contribution is 6.30. The van der Waals surface area contributed by atoms with Crippen LogP contribution < -0.4 is 5.32 Å². The maximum absolute atomic E-state index is 12.9. The van der Waals surface area contributed by atoms with E-state index in [1.54, 1.807) is 7.11 Å². The third-order valence-electron chi connectivity index (χ3n) is 5.45. The Hall–Kier alpha value is -1.10. The average Bonchev–Trinajstić information content (AvgIpc) is 2.57. The topological polar surface area (TPSA) is 41.6 Å². The average molecular weight is 351 g/mol. The number of piperidine rings is 1. The summed E-state index contributed by atoms with van der Waals surface area (Å²) in [4.78, 5) is 15.2. The second-order valence-electron chi connectivity index (χ2n) is 7.06. The molecule has 5 heteroatoms. The van der Waals surface area contributed by atoms with Crippen molar-refractivity contribution < 1.29 is 9.53 Å². The molecule has 1 saturated heterocycles. The molecule has 0 unspecified atom stereocenters. The molecule has 0 radical (unpaired) electrons. The summed E-state index contributed by atoms with van der Waals surface area (Å²) in [7, 11) is 1.72. The molecule has 1 N–H and O–H groups in total. The molecule has 1 heterocycles. The largest absolute Gasteiger partial charge is 0.383 e. The summed E-state index contributed by atoms with van der Waals surface area (Å²) in [6, 6.07) is 7.92. The second-order valence-corrected chi connectivity index (χ2v) is 7.50. The zero-order chi connectivity index (χ0) is 17.0. The minimum absolute atomic E-state index is 0.0837. The molecule has 1 amide bonds. The number of methoxy groups -OCH3 is 1. The normalized spacial score (nSPS) is 23.5. The fraction of sp³-hybridized carbons (Fsp3) is 0.632. The zero-order valence-electron chi connectivity index (χ0n) is 14.4. The van der Waals surface area contributed by atoms with Gasteiger partial charge < -0.3 is 15.0 Å². The van der Waals surface area contributed by atoms with Crippen molar-refractivity contribution in [2.45, 2.75) is 37.6 Å². The summed E-state index contributed by atoms with van der Waals surface area (Å²) in [5.41, 5.74) is 0.995. The molecule has 24 heavy (non-hydrogen) atoms. The van der Waals surface area contributed by atoms with Gasteiger partial charge in [0.25, 0.3) is 0 Å². The maximum atomic E-state index is 12.9. The Morgan fingerprint density at radius 3 is 2.71 bits per heavy atom. The van der Waals surface area contributed by atoms with Crippen molar-refractivity contribution in [3.63, 3.8) is 0 Å². The number of benzene rings is 1. The van der Waals surface area contributed by atoms with Crippen molar-refractivity contribution in [3.05, 3.63) is 34.9 Å². The van der Waals surface area contributed by atoms with Gasteiger partial charge in [-0.1, -0.05) is 23.7 Å². The molecule has 1 atom stereocenters. The molecule has 2 fully saturated rings. The number of rotatable bonds is 6. The maximum Gasteiger partial charge on any atom is 0.225 e. The van der Waals surface area contributed by atoms with Crippen molar-refractivity contribution in [2.24, 2.45) is 5.92 Å². The van der Waals surface area contributed by atoms with E-state index in [9.17, 15) is 4.79 Å². The van der Waals surface area contributed by atoms with Gasteiger partial charge in [-0.05, 0) is 56.3 Å². The lowest BCUT2D eigenvalue weighted by Gasteiger charge is -2.44. The fourth-order valence-corrected chi connectivity index (χ4v) is 3.94. The molecule has 0 aromatic heterocycles. The molecule has 0 spiro atoms. The molecule has 1 aliphatic heterocycles. The number of carbonyl (C=O) groups is 1. The van der Waals surface area contributed by atoms with Crippen LogP contribution in [-0.4, -0.2) is 44.2 Å². The van der Waals surface area contributed by atoms with E-state index in [4.69, 9.17) is 16.3 Å². The van der Waals surface area contributed by atoms with Gasteiger partial charge >= 0.3 is 0 Å². The molecular formula is C19H27ClN2O2. The quantitative estimate of drug-likeness (QED) is 0.856. The lowest BCUT2D eigenvalue weighted by molar-refractivity contribution is -0.130. The van der Waals surface area contributed by atoms with Crippen LogP contribution in [0.3, 0.4) is 0 Å². The highest BCUT2D eigenvalue weighted by Crippen LogP contribution is 2.42. The van der Waals surface area contributed by atoms with Crippen LogP contribution in [0.15, 0.2) is 24.3 Å². The summed E-state index contributed by atoms with van der Waals surface area (Å²) >= 11 is 6.01. The van der Waals surface area contributed by atoms with E-state index in [0.29, 0.717) is 0 Å². The van der Waals surface area contributed by atoms with Crippen LogP contribution in [0, 0.1) is 5.92 Å². The van der Waals surface area contributed by atoms with E-state index in [1.165, 1.54) is 5.56 Å². The van der Waals surface area contributed by atoms with Gasteiger partial charge in [0.2, 0.25) is 5.91 Å². The molecule has 1 saturated carbocycles. The number of likely N-dealkylation sites (tertiary alicyclic amines) is 1. The van der Waals surface area contributed by atoms with Crippen molar-refractivity contribution >= 4 is 17.5 Å². The van der Waals surface area contributed by atoms with Crippen LogP contribution in [0.4, 0.5) is 0 Å². The van der Waals surface area contributed by atoms with Crippen LogP contribution in [-0.2, 0) is 15.1 Å². The first-order chi connectivity index (χ1) is 11.6. The molecule has 0 bridgehead atoms. The smallest absolute Gasteiger partial charge is 0.225 e. The van der Waals surface area contributed by atoms with Gasteiger partial charge in [-0.2, -0.15) is 0 Å². The van der Waals surface area contributed by atoms with E-state index >= 15 is 0 Å². The SMILES string of the molecule is COCCN1CCC[C@@H](C(=O)NC2(c3ccc(Cl)cc3)CCC2)C1. The standard InChI is InChI=1S/C19H27ClN2O2/c1-24-13-12-22-11-2-4-15(14-22)18(23)21-19(9-3-10-19)16-5-7-17(20)8-6-16/h5-8,15H,2-4,9-14H2,1H3,(H,21,23)/t15-/m1/s1. The van der Waals surface area contributed by atoms with E-state index in [2.05, 4.69) is 10.2 Å². The molecule has 1 aromatic rings. The van der Waals surface area contributed by atoms with Crippen molar-refractivity contribution in [1.82, 2.24) is 10.2 Å². The highest BCUT2D eigenvalue weighted by atomic mass is 35.5. The van der Waals surface area contributed by atoms with Crippen LogP contribution in [0.25, 0.3) is 0 Å².